The number of carbonyl (C=O) groups is 1. The van der Waals surface area contributed by atoms with Gasteiger partial charge in [0.15, 0.2) is 0 Å². The van der Waals surface area contributed by atoms with E-state index in [2.05, 4.69) is 41.0 Å². The minimum atomic E-state index is -0.307. The van der Waals surface area contributed by atoms with Crippen LogP contribution in [-0.4, -0.2) is 43.8 Å². The van der Waals surface area contributed by atoms with Gasteiger partial charge in [0.25, 0.3) is 0 Å². The van der Waals surface area contributed by atoms with Crippen molar-refractivity contribution in [2.75, 3.05) is 32.9 Å². The molecule has 28 heavy (non-hydrogen) atoms. The molecule has 1 aliphatic rings. The molecule has 3 rings (SSSR count). The van der Waals surface area contributed by atoms with Crippen molar-refractivity contribution in [1.82, 2.24) is 4.90 Å². The minimum absolute atomic E-state index is 0.307. The fourth-order valence-corrected chi connectivity index (χ4v) is 2.92. The summed E-state index contributed by atoms with van der Waals surface area (Å²) in [6, 6.07) is 15.7. The van der Waals surface area contributed by atoms with Crippen LogP contribution < -0.4 is 0 Å². The molecule has 144 valence electrons. The number of carbonyl (C=O) groups excluding carboxylic acids is 1. The van der Waals surface area contributed by atoms with Crippen molar-refractivity contribution in [2.24, 2.45) is 0 Å². The first-order valence-corrected chi connectivity index (χ1v) is 9.59. The topological polar surface area (TPSA) is 38.8 Å². The van der Waals surface area contributed by atoms with Gasteiger partial charge < -0.3 is 9.47 Å². The lowest BCUT2D eigenvalue weighted by molar-refractivity contribution is 0.0342. The zero-order valence-corrected chi connectivity index (χ0v) is 16.2. The maximum Gasteiger partial charge on any atom is 0.338 e. The number of hydrogen-bond acceptors (Lipinski definition) is 4. The zero-order valence-electron chi connectivity index (χ0n) is 16.2. The Kier molecular flexibility index (Phi) is 7.43. The molecule has 0 radical (unpaired) electrons. The fourth-order valence-electron chi connectivity index (χ4n) is 2.92. The molecule has 0 N–H and O–H groups in total. The lowest BCUT2D eigenvalue weighted by Crippen LogP contribution is -2.35. The standard InChI is InChI=1S/C24H25NO3/c1-2-28-24(26)23-13-11-21(12-14-23)6-4-3-5-20-7-9-22(10-8-20)19-25-15-17-27-18-16-25/h3,5,7-14H,2,15-19H2,1H3/b5-3+. The van der Waals surface area contributed by atoms with Gasteiger partial charge in [0.2, 0.25) is 0 Å². The number of allylic oxidation sites excluding steroid dienone is 1. The molecule has 0 bridgehead atoms. The maximum atomic E-state index is 11.6. The highest BCUT2D eigenvalue weighted by Crippen LogP contribution is 2.10. The third-order valence-corrected chi connectivity index (χ3v) is 4.46. The highest BCUT2D eigenvalue weighted by molar-refractivity contribution is 5.89. The van der Waals surface area contributed by atoms with Gasteiger partial charge in [-0.3, -0.25) is 4.90 Å². The van der Waals surface area contributed by atoms with E-state index >= 15 is 0 Å². The number of benzene rings is 2. The quantitative estimate of drug-likeness (QED) is 0.589. The Bertz CT molecular complexity index is 851. The molecule has 2 aromatic carbocycles. The van der Waals surface area contributed by atoms with Gasteiger partial charge in [0.05, 0.1) is 25.4 Å². The van der Waals surface area contributed by atoms with Crippen molar-refractivity contribution in [3.05, 3.63) is 76.9 Å². The third kappa shape index (κ3) is 6.09. The first-order chi connectivity index (χ1) is 13.7. The molecular weight excluding hydrogens is 350 g/mol. The molecule has 0 atom stereocenters. The lowest BCUT2D eigenvalue weighted by Gasteiger charge is -2.26. The second kappa shape index (κ2) is 10.5. The van der Waals surface area contributed by atoms with Crippen LogP contribution in [-0.2, 0) is 16.0 Å². The Morgan fingerprint density at radius 1 is 1.11 bits per heavy atom. The van der Waals surface area contributed by atoms with Crippen LogP contribution in [0.3, 0.4) is 0 Å². The van der Waals surface area contributed by atoms with E-state index in [0.717, 1.165) is 44.0 Å². The zero-order chi connectivity index (χ0) is 19.6. The average Bonchev–Trinajstić information content (AvgIpc) is 2.74. The molecule has 0 aliphatic carbocycles. The van der Waals surface area contributed by atoms with Gasteiger partial charge in [0.1, 0.15) is 0 Å². The van der Waals surface area contributed by atoms with Gasteiger partial charge >= 0.3 is 5.97 Å². The van der Waals surface area contributed by atoms with Crippen molar-refractivity contribution in [1.29, 1.82) is 0 Å². The SMILES string of the molecule is CCOC(=O)c1ccc(C#C/C=C/c2ccc(CN3CCOCC3)cc2)cc1. The smallest absolute Gasteiger partial charge is 0.338 e. The predicted octanol–water partition coefficient (Wildman–Crippen LogP) is 3.76. The van der Waals surface area contributed by atoms with E-state index in [-0.39, 0.29) is 5.97 Å². The highest BCUT2D eigenvalue weighted by Gasteiger charge is 2.10. The molecular formula is C24H25NO3. The Labute approximate surface area is 166 Å². The highest BCUT2D eigenvalue weighted by atomic mass is 16.5. The van der Waals surface area contributed by atoms with Gasteiger partial charge in [-0.25, -0.2) is 4.79 Å². The first-order valence-electron chi connectivity index (χ1n) is 9.59. The van der Waals surface area contributed by atoms with Gasteiger partial charge in [0, 0.05) is 25.2 Å². The Morgan fingerprint density at radius 2 is 1.82 bits per heavy atom. The number of rotatable bonds is 5. The molecule has 0 spiro atoms. The summed E-state index contributed by atoms with van der Waals surface area (Å²) < 4.78 is 10.4. The lowest BCUT2D eigenvalue weighted by atomic mass is 10.1. The molecule has 1 saturated heterocycles. The van der Waals surface area contributed by atoms with Crippen LogP contribution in [0.15, 0.2) is 54.6 Å². The maximum absolute atomic E-state index is 11.6. The summed E-state index contributed by atoms with van der Waals surface area (Å²) in [6.07, 6.45) is 3.84. The fraction of sp³-hybridized carbons (Fsp3) is 0.292. The van der Waals surface area contributed by atoms with E-state index in [1.165, 1.54) is 5.56 Å². The molecule has 0 aromatic heterocycles. The van der Waals surface area contributed by atoms with Crippen LogP contribution in [0.25, 0.3) is 6.08 Å². The van der Waals surface area contributed by atoms with E-state index in [1.54, 1.807) is 19.1 Å². The van der Waals surface area contributed by atoms with E-state index in [1.807, 2.05) is 24.3 Å². The van der Waals surface area contributed by atoms with Gasteiger partial charge in [-0.2, -0.15) is 0 Å². The number of esters is 1. The predicted molar refractivity (Wildman–Crippen MR) is 111 cm³/mol. The van der Waals surface area contributed by atoms with Crippen LogP contribution in [0, 0.1) is 11.8 Å². The number of hydrogen-bond donors (Lipinski definition) is 0. The Hall–Kier alpha value is -2.87. The van der Waals surface area contributed by atoms with Gasteiger partial charge in [-0.05, 0) is 54.5 Å². The summed E-state index contributed by atoms with van der Waals surface area (Å²) in [5.41, 5.74) is 3.84. The van der Waals surface area contributed by atoms with E-state index in [9.17, 15) is 4.79 Å². The van der Waals surface area contributed by atoms with Crippen molar-refractivity contribution in [3.8, 4) is 11.8 Å². The van der Waals surface area contributed by atoms with E-state index < -0.39 is 0 Å². The Balaban J connectivity index is 1.52. The van der Waals surface area contributed by atoms with Crippen molar-refractivity contribution in [2.45, 2.75) is 13.5 Å². The number of ether oxygens (including phenoxy) is 2. The van der Waals surface area contributed by atoms with Gasteiger partial charge in [-0.15, -0.1) is 0 Å². The molecule has 4 heteroatoms. The molecule has 0 unspecified atom stereocenters. The second-order valence-electron chi connectivity index (χ2n) is 6.53. The van der Waals surface area contributed by atoms with Crippen LogP contribution in [0.4, 0.5) is 0 Å². The van der Waals surface area contributed by atoms with Crippen molar-refractivity contribution >= 4 is 12.0 Å². The van der Waals surface area contributed by atoms with E-state index in [4.69, 9.17) is 9.47 Å². The summed E-state index contributed by atoms with van der Waals surface area (Å²) in [6.45, 7) is 6.78. The summed E-state index contributed by atoms with van der Waals surface area (Å²) in [5, 5.41) is 0. The van der Waals surface area contributed by atoms with Crippen LogP contribution in [0.5, 0.6) is 0 Å². The van der Waals surface area contributed by atoms with Crippen LogP contribution in [0.1, 0.15) is 34.0 Å². The van der Waals surface area contributed by atoms with Crippen LogP contribution >= 0.6 is 0 Å². The molecule has 0 saturated carbocycles. The first kappa shape index (κ1) is 19.9. The number of morpholine rings is 1. The average molecular weight is 375 g/mol. The molecule has 1 aliphatic heterocycles. The summed E-state index contributed by atoms with van der Waals surface area (Å²) in [5.74, 6) is 5.80. The molecule has 2 aromatic rings. The monoisotopic (exact) mass is 375 g/mol. The second-order valence-corrected chi connectivity index (χ2v) is 6.53. The summed E-state index contributed by atoms with van der Waals surface area (Å²) in [4.78, 5) is 14.0. The Morgan fingerprint density at radius 3 is 2.50 bits per heavy atom. The van der Waals surface area contributed by atoms with Crippen LogP contribution in [0.2, 0.25) is 0 Å². The summed E-state index contributed by atoms with van der Waals surface area (Å²) >= 11 is 0. The molecule has 1 heterocycles. The van der Waals surface area contributed by atoms with Crippen molar-refractivity contribution < 1.29 is 14.3 Å². The van der Waals surface area contributed by atoms with Crippen molar-refractivity contribution in [3.63, 3.8) is 0 Å². The normalized spacial score (nSPS) is 14.5. The molecule has 0 amide bonds. The summed E-state index contributed by atoms with van der Waals surface area (Å²) in [7, 11) is 0. The molecule has 1 fully saturated rings. The van der Waals surface area contributed by atoms with Gasteiger partial charge in [-0.1, -0.05) is 36.1 Å². The number of nitrogens with zero attached hydrogens (tertiary/aromatic N) is 1. The molecule has 4 nitrogen and oxygen atoms in total. The minimum Gasteiger partial charge on any atom is -0.462 e. The largest absolute Gasteiger partial charge is 0.462 e. The van der Waals surface area contributed by atoms with E-state index in [0.29, 0.717) is 12.2 Å². The third-order valence-electron chi connectivity index (χ3n) is 4.46.